The van der Waals surface area contributed by atoms with E-state index >= 15 is 0 Å². The van der Waals surface area contributed by atoms with E-state index < -0.39 is 28.5 Å². The van der Waals surface area contributed by atoms with Gasteiger partial charge in [-0.1, -0.05) is 54.4 Å². The molecule has 0 fully saturated rings. The van der Waals surface area contributed by atoms with E-state index in [1.807, 2.05) is 52.0 Å². The van der Waals surface area contributed by atoms with Gasteiger partial charge < -0.3 is 15.0 Å². The highest BCUT2D eigenvalue weighted by Crippen LogP contribution is 2.31. The lowest BCUT2D eigenvalue weighted by Gasteiger charge is -2.33. The van der Waals surface area contributed by atoms with Crippen molar-refractivity contribution in [3.8, 4) is 5.75 Å². The molecule has 1 N–H and O–H groups in total. The summed E-state index contributed by atoms with van der Waals surface area (Å²) >= 11 is 3.36. The second-order valence-corrected chi connectivity index (χ2v) is 12.2. The minimum Gasteiger partial charge on any atom is -0.496 e. The summed E-state index contributed by atoms with van der Waals surface area (Å²) in [6.45, 7) is 7.59. The number of nitrogens with zero attached hydrogens (tertiary/aromatic N) is 2. The average molecular weight is 631 g/mol. The van der Waals surface area contributed by atoms with Crippen LogP contribution in [-0.4, -0.2) is 51.4 Å². The molecule has 1 atom stereocenters. The van der Waals surface area contributed by atoms with Gasteiger partial charge in [-0.25, -0.2) is 8.42 Å². The highest BCUT2D eigenvalue weighted by Gasteiger charge is 2.33. The van der Waals surface area contributed by atoms with Gasteiger partial charge in [-0.15, -0.1) is 0 Å². The van der Waals surface area contributed by atoms with Gasteiger partial charge in [0, 0.05) is 13.1 Å². The summed E-state index contributed by atoms with van der Waals surface area (Å²) in [4.78, 5) is 28.5. The second kappa shape index (κ2) is 13.8. The number of anilines is 1. The van der Waals surface area contributed by atoms with Crippen LogP contribution in [0.1, 0.15) is 37.0 Å². The average Bonchev–Trinajstić information content (AvgIpc) is 2.92. The molecular weight excluding hydrogens is 594 g/mol. The Morgan fingerprint density at radius 1 is 0.975 bits per heavy atom. The number of hydrogen-bond donors (Lipinski definition) is 1. The number of nitrogens with one attached hydrogen (secondary N) is 1. The van der Waals surface area contributed by atoms with Crippen LogP contribution < -0.4 is 14.4 Å². The monoisotopic (exact) mass is 629 g/mol. The number of sulfonamides is 1. The van der Waals surface area contributed by atoms with Crippen LogP contribution in [0.15, 0.2) is 76.1 Å². The van der Waals surface area contributed by atoms with Crippen molar-refractivity contribution < 1.29 is 22.7 Å². The molecule has 2 amide bonds. The first-order chi connectivity index (χ1) is 19.0. The van der Waals surface area contributed by atoms with Crippen LogP contribution in [0.5, 0.6) is 5.75 Å². The number of rotatable bonds is 12. The summed E-state index contributed by atoms with van der Waals surface area (Å²) in [7, 11) is -2.69. The Bertz CT molecular complexity index is 1440. The topological polar surface area (TPSA) is 96.0 Å². The molecule has 3 aromatic carbocycles. The van der Waals surface area contributed by atoms with Gasteiger partial charge in [-0.05, 0) is 79.0 Å². The summed E-state index contributed by atoms with van der Waals surface area (Å²) in [6, 6.07) is 18.3. The van der Waals surface area contributed by atoms with E-state index in [-0.39, 0.29) is 17.3 Å². The number of hydrogen-bond acceptors (Lipinski definition) is 5. The van der Waals surface area contributed by atoms with Gasteiger partial charge in [0.25, 0.3) is 10.0 Å². The molecular formula is C30H36BrN3O5S. The van der Waals surface area contributed by atoms with Crippen molar-refractivity contribution in [1.82, 2.24) is 10.2 Å². The third-order valence-corrected chi connectivity index (χ3v) is 8.87. The molecule has 0 heterocycles. The van der Waals surface area contributed by atoms with Crippen molar-refractivity contribution in [2.45, 2.75) is 51.6 Å². The zero-order valence-corrected chi connectivity index (χ0v) is 25.9. The molecule has 0 unspecified atom stereocenters. The molecule has 0 aliphatic carbocycles. The van der Waals surface area contributed by atoms with Crippen molar-refractivity contribution in [3.05, 3.63) is 87.9 Å². The van der Waals surface area contributed by atoms with Gasteiger partial charge in [0.15, 0.2) is 0 Å². The van der Waals surface area contributed by atoms with Gasteiger partial charge in [0.05, 0.1) is 22.2 Å². The van der Waals surface area contributed by atoms with Crippen LogP contribution in [0.25, 0.3) is 0 Å². The van der Waals surface area contributed by atoms with Crippen molar-refractivity contribution in [3.63, 3.8) is 0 Å². The summed E-state index contributed by atoms with van der Waals surface area (Å²) in [5.74, 6) is -0.292. The van der Waals surface area contributed by atoms with Crippen molar-refractivity contribution in [2.24, 2.45) is 0 Å². The predicted octanol–water partition coefficient (Wildman–Crippen LogP) is 5.21. The van der Waals surface area contributed by atoms with Crippen LogP contribution in [0.4, 0.5) is 5.69 Å². The molecule has 0 saturated heterocycles. The van der Waals surface area contributed by atoms with Gasteiger partial charge >= 0.3 is 0 Å². The van der Waals surface area contributed by atoms with Crippen LogP contribution in [0.3, 0.4) is 0 Å². The lowest BCUT2D eigenvalue weighted by Crippen LogP contribution is -2.52. The Balaban J connectivity index is 2.08. The van der Waals surface area contributed by atoms with E-state index in [0.29, 0.717) is 28.9 Å². The maximum Gasteiger partial charge on any atom is 0.264 e. The maximum atomic E-state index is 14.0. The Hall–Kier alpha value is -3.37. The SMILES string of the molecule is CCNC(=O)[C@H](CC)N(Cc1cccc(C)c1)C(=O)CN(c1ccc(C)cc1)S(=O)(=O)c1ccc(OC)c(Br)c1. The Morgan fingerprint density at radius 2 is 1.68 bits per heavy atom. The Morgan fingerprint density at radius 3 is 2.25 bits per heavy atom. The minimum atomic E-state index is -4.19. The van der Waals surface area contributed by atoms with Crippen molar-refractivity contribution in [1.29, 1.82) is 0 Å². The first kappa shape index (κ1) is 31.2. The number of aryl methyl sites for hydroxylation is 2. The van der Waals surface area contributed by atoms with Gasteiger partial charge in [-0.3, -0.25) is 13.9 Å². The number of amides is 2. The van der Waals surface area contributed by atoms with Crippen molar-refractivity contribution in [2.75, 3.05) is 24.5 Å². The summed E-state index contributed by atoms with van der Waals surface area (Å²) in [5, 5.41) is 2.81. The van der Waals surface area contributed by atoms with Gasteiger partial charge in [0.2, 0.25) is 11.8 Å². The highest BCUT2D eigenvalue weighted by atomic mass is 79.9. The summed E-state index contributed by atoms with van der Waals surface area (Å²) < 4.78 is 34.9. The van der Waals surface area contributed by atoms with Gasteiger partial charge in [0.1, 0.15) is 18.3 Å². The number of ether oxygens (including phenoxy) is 1. The Kier molecular flexibility index (Phi) is 10.8. The molecule has 3 rings (SSSR count). The largest absolute Gasteiger partial charge is 0.496 e. The molecule has 0 bridgehead atoms. The zero-order valence-electron chi connectivity index (χ0n) is 23.5. The predicted molar refractivity (Wildman–Crippen MR) is 161 cm³/mol. The van der Waals surface area contributed by atoms with Crippen molar-refractivity contribution >= 4 is 43.5 Å². The third-order valence-electron chi connectivity index (χ3n) is 6.48. The first-order valence-electron chi connectivity index (χ1n) is 13.1. The molecule has 0 aromatic heterocycles. The molecule has 0 spiro atoms. The summed E-state index contributed by atoms with van der Waals surface area (Å²) in [6.07, 6.45) is 0.367. The minimum absolute atomic E-state index is 0.00504. The number of likely N-dealkylation sites (N-methyl/N-ethyl adjacent to an activating group) is 1. The quantitative estimate of drug-likeness (QED) is 0.297. The van der Waals surface area contributed by atoms with E-state index in [1.54, 1.807) is 30.3 Å². The number of carbonyl (C=O) groups excluding carboxylic acids is 2. The molecule has 0 radical (unpaired) electrons. The van der Waals surface area contributed by atoms with Crippen LogP contribution in [-0.2, 0) is 26.2 Å². The number of benzene rings is 3. The van der Waals surface area contributed by atoms with E-state index in [1.165, 1.54) is 24.1 Å². The van der Waals surface area contributed by atoms with Crippen LogP contribution in [0, 0.1) is 13.8 Å². The van der Waals surface area contributed by atoms with E-state index in [4.69, 9.17) is 4.74 Å². The first-order valence-corrected chi connectivity index (χ1v) is 15.3. The molecule has 40 heavy (non-hydrogen) atoms. The number of halogens is 1. The van der Waals surface area contributed by atoms with E-state index in [0.717, 1.165) is 21.0 Å². The van der Waals surface area contributed by atoms with Crippen LogP contribution >= 0.6 is 15.9 Å². The van der Waals surface area contributed by atoms with E-state index in [9.17, 15) is 18.0 Å². The maximum absolute atomic E-state index is 14.0. The normalized spacial score (nSPS) is 11.9. The molecule has 0 aliphatic rings. The fourth-order valence-corrected chi connectivity index (χ4v) is 6.53. The molecule has 214 valence electrons. The standard InChI is InChI=1S/C30H36BrN3O5S/c1-6-27(30(36)32-7-2)33(19-23-10-8-9-22(4)17-23)29(35)20-34(24-13-11-21(3)12-14-24)40(37,38)25-15-16-28(39-5)26(31)18-25/h8-18,27H,6-7,19-20H2,1-5H3,(H,32,36)/t27-/m0/s1. The third kappa shape index (κ3) is 7.42. The lowest BCUT2D eigenvalue weighted by molar-refractivity contribution is -0.140. The summed E-state index contributed by atoms with van der Waals surface area (Å²) in [5.41, 5.74) is 3.15. The van der Waals surface area contributed by atoms with E-state index in [2.05, 4.69) is 21.2 Å². The highest BCUT2D eigenvalue weighted by molar-refractivity contribution is 9.10. The Labute approximate surface area is 245 Å². The second-order valence-electron chi connectivity index (χ2n) is 9.47. The zero-order chi connectivity index (χ0) is 29.4. The molecule has 8 nitrogen and oxygen atoms in total. The fourth-order valence-electron chi connectivity index (χ4n) is 4.39. The van der Waals surface area contributed by atoms with Gasteiger partial charge in [-0.2, -0.15) is 0 Å². The molecule has 10 heteroatoms. The number of carbonyl (C=O) groups is 2. The lowest BCUT2D eigenvalue weighted by atomic mass is 10.1. The molecule has 0 aliphatic heterocycles. The number of methoxy groups -OCH3 is 1. The fraction of sp³-hybridized carbons (Fsp3) is 0.333. The molecule has 0 saturated carbocycles. The van der Waals surface area contributed by atoms with Crippen LogP contribution in [0.2, 0.25) is 0 Å². The molecule has 3 aromatic rings. The smallest absolute Gasteiger partial charge is 0.264 e.